The zero-order valence-corrected chi connectivity index (χ0v) is 15.1. The number of nitrogens with one attached hydrogen (secondary N) is 1. The normalized spacial score (nSPS) is 21.8. The highest BCUT2D eigenvalue weighted by Gasteiger charge is 2.45. The maximum absolute atomic E-state index is 13.0. The molecule has 1 fully saturated rings. The number of aromatic nitrogens is 2. The molecule has 136 valence electrons. The minimum atomic E-state index is -4.27. The first-order valence-corrected chi connectivity index (χ1v) is 9.55. The van der Waals surface area contributed by atoms with Crippen LogP contribution in [0.3, 0.4) is 0 Å². The summed E-state index contributed by atoms with van der Waals surface area (Å²) in [5.74, 6) is -1.85. The van der Waals surface area contributed by atoms with Crippen LogP contribution in [-0.2, 0) is 4.79 Å². The molecule has 0 unspecified atom stereocenters. The molecule has 0 saturated heterocycles. The van der Waals surface area contributed by atoms with Crippen molar-refractivity contribution < 1.29 is 22.7 Å². The van der Waals surface area contributed by atoms with Gasteiger partial charge in [0.15, 0.2) is 4.34 Å². The van der Waals surface area contributed by atoms with Gasteiger partial charge in [-0.2, -0.15) is 13.2 Å². The summed E-state index contributed by atoms with van der Waals surface area (Å²) in [7, 11) is 0. The van der Waals surface area contributed by atoms with Crippen molar-refractivity contribution >= 4 is 29.0 Å². The molecule has 10 heteroatoms. The molecule has 0 aromatic carbocycles. The molecular weight excluding hydrogens is 363 g/mol. The number of amides is 1. The Kier molecular flexibility index (Phi) is 6.73. The predicted molar refractivity (Wildman–Crippen MR) is 86.3 cm³/mol. The van der Waals surface area contributed by atoms with E-state index in [-0.39, 0.29) is 18.3 Å². The molecule has 2 rings (SSSR count). The Morgan fingerprint density at radius 2 is 2.08 bits per heavy atom. The SMILES string of the molecule is CC(C)Oc1nnc(SCC(=O)N[C@@H]2CCCC[C@H]2C(F)(F)F)s1. The van der Waals surface area contributed by atoms with Gasteiger partial charge in [0.2, 0.25) is 5.91 Å². The summed E-state index contributed by atoms with van der Waals surface area (Å²) in [5, 5.41) is 10.7. The third kappa shape index (κ3) is 5.80. The molecule has 1 aromatic heterocycles. The number of alkyl halides is 3. The van der Waals surface area contributed by atoms with Crippen LogP contribution in [0.15, 0.2) is 4.34 Å². The molecule has 1 aromatic rings. The Morgan fingerprint density at radius 3 is 2.75 bits per heavy atom. The number of carbonyl (C=O) groups excluding carboxylic acids is 1. The summed E-state index contributed by atoms with van der Waals surface area (Å²) in [6.07, 6.45) is -2.59. The van der Waals surface area contributed by atoms with Crippen molar-refractivity contribution in [3.8, 4) is 5.19 Å². The van der Waals surface area contributed by atoms with Crippen LogP contribution in [0.2, 0.25) is 0 Å². The number of thioether (sulfide) groups is 1. The van der Waals surface area contributed by atoms with Crippen molar-refractivity contribution in [3.05, 3.63) is 0 Å². The van der Waals surface area contributed by atoms with Gasteiger partial charge in [-0.15, -0.1) is 5.10 Å². The number of hydrogen-bond acceptors (Lipinski definition) is 6. The molecule has 1 aliphatic carbocycles. The minimum Gasteiger partial charge on any atom is -0.466 e. The third-order valence-corrected chi connectivity index (χ3v) is 5.53. The smallest absolute Gasteiger partial charge is 0.393 e. The second-order valence-electron chi connectivity index (χ2n) is 5.90. The van der Waals surface area contributed by atoms with Gasteiger partial charge in [0.1, 0.15) is 0 Å². The van der Waals surface area contributed by atoms with Crippen molar-refractivity contribution in [2.75, 3.05) is 5.75 Å². The van der Waals surface area contributed by atoms with Gasteiger partial charge >= 0.3 is 6.18 Å². The Balaban J connectivity index is 1.83. The number of rotatable bonds is 6. The average Bonchev–Trinajstić information content (AvgIpc) is 2.91. The molecule has 0 spiro atoms. The summed E-state index contributed by atoms with van der Waals surface area (Å²) in [4.78, 5) is 12.0. The first kappa shape index (κ1) is 19.3. The number of carbonyl (C=O) groups is 1. The Hall–Kier alpha value is -1.03. The second-order valence-corrected chi connectivity index (χ2v) is 8.06. The lowest BCUT2D eigenvalue weighted by Crippen LogP contribution is -2.48. The van der Waals surface area contributed by atoms with E-state index >= 15 is 0 Å². The van der Waals surface area contributed by atoms with Crippen molar-refractivity contribution in [2.24, 2.45) is 5.92 Å². The molecule has 0 bridgehead atoms. The number of ether oxygens (including phenoxy) is 1. The first-order valence-electron chi connectivity index (χ1n) is 7.74. The van der Waals surface area contributed by atoms with Crippen LogP contribution in [0, 0.1) is 5.92 Å². The minimum absolute atomic E-state index is 0.0113. The van der Waals surface area contributed by atoms with Gasteiger partial charge in [0.05, 0.1) is 17.8 Å². The lowest BCUT2D eigenvalue weighted by molar-refractivity contribution is -0.189. The maximum atomic E-state index is 13.0. The Morgan fingerprint density at radius 1 is 1.38 bits per heavy atom. The van der Waals surface area contributed by atoms with E-state index in [1.807, 2.05) is 13.8 Å². The van der Waals surface area contributed by atoms with Crippen molar-refractivity contribution in [3.63, 3.8) is 0 Å². The van der Waals surface area contributed by atoms with Crippen LogP contribution in [0.4, 0.5) is 13.2 Å². The standard InChI is InChI=1S/C14H20F3N3O2S2/c1-8(2)22-12-19-20-13(24-12)23-7-11(21)18-10-6-4-3-5-9(10)14(15,16)17/h8-10H,3-7H2,1-2H3,(H,18,21)/t9-,10-/m1/s1. The predicted octanol–water partition coefficient (Wildman–Crippen LogP) is 3.65. The topological polar surface area (TPSA) is 64.1 Å². The van der Waals surface area contributed by atoms with E-state index in [0.29, 0.717) is 28.8 Å². The molecule has 24 heavy (non-hydrogen) atoms. The van der Waals surface area contributed by atoms with Gasteiger partial charge in [-0.05, 0) is 38.0 Å². The summed E-state index contributed by atoms with van der Waals surface area (Å²) in [6.45, 7) is 3.73. The average molecular weight is 383 g/mol. The van der Waals surface area contributed by atoms with E-state index in [2.05, 4.69) is 15.5 Å². The molecule has 5 nitrogen and oxygen atoms in total. The van der Waals surface area contributed by atoms with E-state index in [0.717, 1.165) is 11.8 Å². The lowest BCUT2D eigenvalue weighted by Gasteiger charge is -2.33. The molecule has 0 radical (unpaired) electrons. The fraction of sp³-hybridized carbons (Fsp3) is 0.786. The molecule has 1 heterocycles. The highest BCUT2D eigenvalue weighted by atomic mass is 32.2. The van der Waals surface area contributed by atoms with E-state index in [1.165, 1.54) is 11.3 Å². The molecule has 0 aliphatic heterocycles. The van der Waals surface area contributed by atoms with Crippen LogP contribution in [0.25, 0.3) is 0 Å². The largest absolute Gasteiger partial charge is 0.466 e. The highest BCUT2D eigenvalue weighted by Crippen LogP contribution is 2.37. The van der Waals surface area contributed by atoms with Crippen molar-refractivity contribution in [2.45, 2.75) is 62.2 Å². The first-order chi connectivity index (χ1) is 11.3. The van der Waals surface area contributed by atoms with E-state index < -0.39 is 24.0 Å². The summed E-state index contributed by atoms with van der Waals surface area (Å²) in [6, 6.07) is -0.832. The van der Waals surface area contributed by atoms with Crippen LogP contribution >= 0.6 is 23.1 Å². The maximum Gasteiger partial charge on any atom is 0.393 e. The van der Waals surface area contributed by atoms with Crippen molar-refractivity contribution in [1.29, 1.82) is 0 Å². The van der Waals surface area contributed by atoms with Crippen LogP contribution in [0.1, 0.15) is 39.5 Å². The van der Waals surface area contributed by atoms with E-state index in [4.69, 9.17) is 4.74 Å². The fourth-order valence-corrected chi connectivity index (χ4v) is 4.19. The van der Waals surface area contributed by atoms with Gasteiger partial charge in [0, 0.05) is 6.04 Å². The molecule has 1 amide bonds. The summed E-state index contributed by atoms with van der Waals surface area (Å²) in [5.41, 5.74) is 0. The molecule has 1 N–H and O–H groups in total. The zero-order chi connectivity index (χ0) is 17.7. The molecule has 1 saturated carbocycles. The molecule has 2 atom stereocenters. The van der Waals surface area contributed by atoms with E-state index in [1.54, 1.807) is 0 Å². The summed E-state index contributed by atoms with van der Waals surface area (Å²) >= 11 is 2.36. The van der Waals surface area contributed by atoms with Gasteiger partial charge in [-0.1, -0.05) is 29.7 Å². The van der Waals surface area contributed by atoms with Gasteiger partial charge in [0.25, 0.3) is 5.19 Å². The number of hydrogen-bond donors (Lipinski definition) is 1. The van der Waals surface area contributed by atoms with Crippen LogP contribution in [0.5, 0.6) is 5.19 Å². The monoisotopic (exact) mass is 383 g/mol. The summed E-state index contributed by atoms with van der Waals surface area (Å²) < 4.78 is 45.0. The number of nitrogens with zero attached hydrogens (tertiary/aromatic N) is 2. The van der Waals surface area contributed by atoms with Gasteiger partial charge in [-0.25, -0.2) is 0 Å². The highest BCUT2D eigenvalue weighted by molar-refractivity contribution is 8.01. The third-order valence-electron chi connectivity index (χ3n) is 3.58. The van der Waals surface area contributed by atoms with E-state index in [9.17, 15) is 18.0 Å². The lowest BCUT2D eigenvalue weighted by atomic mass is 9.84. The van der Waals surface area contributed by atoms with Crippen LogP contribution in [-0.4, -0.2) is 40.2 Å². The molecular formula is C14H20F3N3O2S2. The fourth-order valence-electron chi connectivity index (χ4n) is 2.58. The van der Waals surface area contributed by atoms with Crippen molar-refractivity contribution in [1.82, 2.24) is 15.5 Å². The van der Waals surface area contributed by atoms with Gasteiger partial charge in [-0.3, -0.25) is 4.79 Å². The zero-order valence-electron chi connectivity index (χ0n) is 13.4. The second kappa shape index (κ2) is 8.37. The quantitative estimate of drug-likeness (QED) is 0.760. The Bertz CT molecular complexity index is 552. The Labute approximate surface area is 146 Å². The van der Waals surface area contributed by atoms with Gasteiger partial charge < -0.3 is 10.1 Å². The molecule has 1 aliphatic rings. The van der Waals surface area contributed by atoms with Crippen LogP contribution < -0.4 is 10.1 Å². The number of halogens is 3.